The van der Waals surface area contributed by atoms with E-state index in [0.717, 1.165) is 45.6 Å². The lowest BCUT2D eigenvalue weighted by atomic mass is 10.2. The molecule has 0 bridgehead atoms. The molecule has 0 radical (unpaired) electrons. The van der Waals surface area contributed by atoms with Crippen LogP contribution in [0.5, 0.6) is 5.75 Å². The lowest BCUT2D eigenvalue weighted by Gasteiger charge is -2.36. The number of para-hydroxylation sites is 1. The number of ether oxygens (including phenoxy) is 1. The van der Waals surface area contributed by atoms with Gasteiger partial charge in [0.15, 0.2) is 0 Å². The van der Waals surface area contributed by atoms with Gasteiger partial charge in [-0.3, -0.25) is 9.69 Å². The van der Waals surface area contributed by atoms with Gasteiger partial charge in [0.05, 0.1) is 7.11 Å². The second-order valence-corrected chi connectivity index (χ2v) is 6.86. The van der Waals surface area contributed by atoms with Gasteiger partial charge in [0.2, 0.25) is 0 Å². The Morgan fingerprint density at radius 3 is 2.52 bits per heavy atom. The van der Waals surface area contributed by atoms with Gasteiger partial charge in [-0.15, -0.1) is 0 Å². The summed E-state index contributed by atoms with van der Waals surface area (Å²) in [5.41, 5.74) is 1.96. The first-order chi connectivity index (χ1) is 13.3. The van der Waals surface area contributed by atoms with Crippen LogP contribution in [-0.2, 0) is 0 Å². The molecule has 0 spiro atoms. The van der Waals surface area contributed by atoms with Crippen LogP contribution in [0.2, 0.25) is 0 Å². The average Bonchev–Trinajstić information content (AvgIpc) is 2.74. The van der Waals surface area contributed by atoms with Gasteiger partial charge in [-0.05, 0) is 49.7 Å². The van der Waals surface area contributed by atoms with Crippen molar-refractivity contribution in [3.63, 3.8) is 0 Å². The SMILES string of the molecule is COc1cccc(C(=O)NCCCCN2CCN(c3ccccc3)CC2)c1. The van der Waals surface area contributed by atoms with Crippen molar-refractivity contribution in [2.24, 2.45) is 0 Å². The summed E-state index contributed by atoms with van der Waals surface area (Å²) in [6, 6.07) is 17.9. The summed E-state index contributed by atoms with van der Waals surface area (Å²) in [6.07, 6.45) is 2.10. The van der Waals surface area contributed by atoms with Crippen molar-refractivity contribution in [1.82, 2.24) is 10.2 Å². The van der Waals surface area contributed by atoms with Crippen molar-refractivity contribution < 1.29 is 9.53 Å². The molecule has 1 fully saturated rings. The van der Waals surface area contributed by atoms with E-state index in [-0.39, 0.29) is 5.91 Å². The van der Waals surface area contributed by atoms with E-state index in [0.29, 0.717) is 17.9 Å². The molecule has 27 heavy (non-hydrogen) atoms. The number of methoxy groups -OCH3 is 1. The fraction of sp³-hybridized carbons (Fsp3) is 0.409. The van der Waals surface area contributed by atoms with E-state index < -0.39 is 0 Å². The minimum Gasteiger partial charge on any atom is -0.497 e. The number of hydrogen-bond acceptors (Lipinski definition) is 4. The summed E-state index contributed by atoms with van der Waals surface area (Å²) in [5.74, 6) is 0.669. The number of unbranched alkanes of at least 4 members (excludes halogenated alkanes) is 1. The molecule has 0 aromatic heterocycles. The summed E-state index contributed by atoms with van der Waals surface area (Å²) in [5, 5.41) is 3.00. The molecule has 1 amide bonds. The third-order valence-corrected chi connectivity index (χ3v) is 5.01. The van der Waals surface area contributed by atoms with Crippen LogP contribution < -0.4 is 15.0 Å². The van der Waals surface area contributed by atoms with E-state index in [4.69, 9.17) is 4.74 Å². The molecule has 1 aliphatic rings. The van der Waals surface area contributed by atoms with E-state index in [9.17, 15) is 4.79 Å². The van der Waals surface area contributed by atoms with E-state index in [1.165, 1.54) is 5.69 Å². The average molecular weight is 367 g/mol. The molecular formula is C22H29N3O2. The predicted molar refractivity (Wildman–Crippen MR) is 110 cm³/mol. The summed E-state index contributed by atoms with van der Waals surface area (Å²) in [6.45, 7) is 6.17. The third kappa shape index (κ3) is 5.73. The van der Waals surface area contributed by atoms with Crippen LogP contribution >= 0.6 is 0 Å². The molecule has 5 heteroatoms. The number of amides is 1. The quantitative estimate of drug-likeness (QED) is 0.729. The van der Waals surface area contributed by atoms with Crippen molar-refractivity contribution in [1.29, 1.82) is 0 Å². The Morgan fingerprint density at radius 1 is 1.00 bits per heavy atom. The van der Waals surface area contributed by atoms with Crippen molar-refractivity contribution in [3.05, 3.63) is 60.2 Å². The predicted octanol–water partition coefficient (Wildman–Crippen LogP) is 3.03. The Bertz CT molecular complexity index is 713. The minimum atomic E-state index is -0.0367. The zero-order valence-corrected chi connectivity index (χ0v) is 16.1. The summed E-state index contributed by atoms with van der Waals surface area (Å²) in [7, 11) is 1.61. The minimum absolute atomic E-state index is 0.0367. The Labute approximate surface area is 161 Å². The highest BCUT2D eigenvalue weighted by atomic mass is 16.5. The molecule has 1 N–H and O–H groups in total. The van der Waals surface area contributed by atoms with Gasteiger partial charge in [-0.2, -0.15) is 0 Å². The van der Waals surface area contributed by atoms with Crippen LogP contribution in [0.15, 0.2) is 54.6 Å². The largest absolute Gasteiger partial charge is 0.497 e. The molecule has 5 nitrogen and oxygen atoms in total. The number of nitrogens with zero attached hydrogens (tertiary/aromatic N) is 2. The van der Waals surface area contributed by atoms with Crippen LogP contribution in [0.4, 0.5) is 5.69 Å². The number of benzene rings is 2. The summed E-state index contributed by atoms with van der Waals surface area (Å²) < 4.78 is 5.16. The molecule has 0 aliphatic carbocycles. The van der Waals surface area contributed by atoms with Crippen molar-refractivity contribution in [3.8, 4) is 5.75 Å². The van der Waals surface area contributed by atoms with Gasteiger partial charge in [0.1, 0.15) is 5.75 Å². The fourth-order valence-corrected chi connectivity index (χ4v) is 3.40. The van der Waals surface area contributed by atoms with Gasteiger partial charge in [-0.1, -0.05) is 24.3 Å². The Morgan fingerprint density at radius 2 is 1.78 bits per heavy atom. The monoisotopic (exact) mass is 367 g/mol. The number of hydrogen-bond donors (Lipinski definition) is 1. The molecule has 1 saturated heterocycles. The summed E-state index contributed by atoms with van der Waals surface area (Å²) in [4.78, 5) is 17.1. The number of rotatable bonds is 8. The summed E-state index contributed by atoms with van der Waals surface area (Å²) >= 11 is 0. The Hall–Kier alpha value is -2.53. The van der Waals surface area contributed by atoms with Crippen LogP contribution in [0.25, 0.3) is 0 Å². The van der Waals surface area contributed by atoms with Crippen LogP contribution in [0.1, 0.15) is 23.2 Å². The number of carbonyl (C=O) groups excluding carboxylic acids is 1. The van der Waals surface area contributed by atoms with Crippen molar-refractivity contribution in [2.75, 3.05) is 51.3 Å². The van der Waals surface area contributed by atoms with E-state index in [2.05, 4.69) is 45.4 Å². The number of piperazine rings is 1. The molecule has 3 rings (SSSR count). The number of anilines is 1. The molecule has 1 aliphatic heterocycles. The highest BCUT2D eigenvalue weighted by Gasteiger charge is 2.16. The molecule has 1 heterocycles. The van der Waals surface area contributed by atoms with Crippen LogP contribution in [-0.4, -0.2) is 57.2 Å². The van der Waals surface area contributed by atoms with Crippen LogP contribution in [0.3, 0.4) is 0 Å². The van der Waals surface area contributed by atoms with Gasteiger partial charge in [0, 0.05) is 44.0 Å². The highest BCUT2D eigenvalue weighted by molar-refractivity contribution is 5.94. The highest BCUT2D eigenvalue weighted by Crippen LogP contribution is 2.16. The van der Waals surface area contributed by atoms with E-state index >= 15 is 0 Å². The lowest BCUT2D eigenvalue weighted by Crippen LogP contribution is -2.46. The van der Waals surface area contributed by atoms with Gasteiger partial charge in [0.25, 0.3) is 5.91 Å². The number of carbonyl (C=O) groups is 1. The topological polar surface area (TPSA) is 44.8 Å². The molecule has 2 aromatic carbocycles. The zero-order chi connectivity index (χ0) is 18.9. The van der Waals surface area contributed by atoms with Crippen LogP contribution in [0, 0.1) is 0 Å². The molecule has 0 unspecified atom stereocenters. The first kappa shape index (κ1) is 19.2. The first-order valence-electron chi connectivity index (χ1n) is 9.71. The normalized spacial score (nSPS) is 14.8. The van der Waals surface area contributed by atoms with Crippen molar-refractivity contribution >= 4 is 11.6 Å². The second-order valence-electron chi connectivity index (χ2n) is 6.86. The van der Waals surface area contributed by atoms with Crippen molar-refractivity contribution in [2.45, 2.75) is 12.8 Å². The second kappa shape index (κ2) is 9.97. The maximum Gasteiger partial charge on any atom is 0.251 e. The smallest absolute Gasteiger partial charge is 0.251 e. The molecule has 0 saturated carbocycles. The fourth-order valence-electron chi connectivity index (χ4n) is 3.40. The maximum absolute atomic E-state index is 12.2. The molecular weight excluding hydrogens is 338 g/mol. The first-order valence-corrected chi connectivity index (χ1v) is 9.71. The maximum atomic E-state index is 12.2. The third-order valence-electron chi connectivity index (χ3n) is 5.01. The standard InChI is InChI=1S/C22H29N3O2/c1-27-21-11-7-8-19(18-21)22(26)23-12-5-6-13-24-14-16-25(17-15-24)20-9-3-2-4-10-20/h2-4,7-11,18H,5-6,12-17H2,1H3,(H,23,26). The van der Waals surface area contributed by atoms with Gasteiger partial charge in [-0.25, -0.2) is 0 Å². The Balaban J connectivity index is 1.30. The molecule has 2 aromatic rings. The van der Waals surface area contributed by atoms with Gasteiger partial charge < -0.3 is 15.0 Å². The van der Waals surface area contributed by atoms with E-state index in [1.807, 2.05) is 18.2 Å². The number of nitrogens with one attached hydrogen (secondary N) is 1. The van der Waals surface area contributed by atoms with Gasteiger partial charge >= 0.3 is 0 Å². The lowest BCUT2D eigenvalue weighted by molar-refractivity contribution is 0.0952. The molecule has 0 atom stereocenters. The molecule has 144 valence electrons. The Kier molecular flexibility index (Phi) is 7.11. The zero-order valence-electron chi connectivity index (χ0n) is 16.1. The van der Waals surface area contributed by atoms with E-state index in [1.54, 1.807) is 13.2 Å².